The molecule has 1 aromatic rings. The predicted molar refractivity (Wildman–Crippen MR) is 106 cm³/mol. The van der Waals surface area contributed by atoms with Crippen molar-refractivity contribution < 1.29 is 0 Å². The Hall–Kier alpha value is -2.15. The summed E-state index contributed by atoms with van der Waals surface area (Å²) in [5.74, 6) is 0. The van der Waals surface area contributed by atoms with E-state index in [0.29, 0.717) is 0 Å². The molecule has 24 heavy (non-hydrogen) atoms. The maximum absolute atomic E-state index is 7.95. The van der Waals surface area contributed by atoms with E-state index < -0.39 is 0 Å². The van der Waals surface area contributed by atoms with E-state index in [4.69, 9.17) is 5.41 Å². The highest BCUT2D eigenvalue weighted by Crippen LogP contribution is 2.51. The molecular weight excluding hydrogens is 290 g/mol. The molecule has 2 rings (SSSR count). The Balaban J connectivity index is 2.88. The monoisotopic (exact) mass is 319 g/mol. The lowest BCUT2D eigenvalue weighted by Gasteiger charge is -2.36. The zero-order chi connectivity index (χ0) is 17.6. The highest BCUT2D eigenvalue weighted by molar-refractivity contribution is 5.80. The van der Waals surface area contributed by atoms with Crippen LogP contribution in [0.5, 0.6) is 0 Å². The SMILES string of the molecule is C=C/C=C(\CC)C1(C(/C=C\C)=C(/C=N)CC)CCc2ccccc21. The zero-order valence-corrected chi connectivity index (χ0v) is 15.2. The average Bonchev–Trinajstić information content (AvgIpc) is 3.00. The second-order valence-electron chi connectivity index (χ2n) is 6.28. The van der Waals surface area contributed by atoms with E-state index in [9.17, 15) is 0 Å². The van der Waals surface area contributed by atoms with E-state index in [0.717, 1.165) is 31.3 Å². The van der Waals surface area contributed by atoms with Crippen LogP contribution in [0.2, 0.25) is 0 Å². The first kappa shape index (κ1) is 18.2. The Bertz CT molecular complexity index is 703. The average molecular weight is 319 g/mol. The molecule has 0 bridgehead atoms. The fourth-order valence-corrected chi connectivity index (χ4v) is 4.16. The lowest BCUT2D eigenvalue weighted by Crippen LogP contribution is -2.29. The van der Waals surface area contributed by atoms with Crippen molar-refractivity contribution in [2.45, 2.75) is 51.9 Å². The van der Waals surface area contributed by atoms with Crippen LogP contribution in [0.1, 0.15) is 51.2 Å². The van der Waals surface area contributed by atoms with Crippen molar-refractivity contribution in [3.05, 3.63) is 83.0 Å². The van der Waals surface area contributed by atoms with E-state index in [1.54, 1.807) is 6.21 Å². The van der Waals surface area contributed by atoms with Gasteiger partial charge in [-0.05, 0) is 54.9 Å². The summed E-state index contributed by atoms with van der Waals surface area (Å²) in [6.45, 7) is 10.4. The highest BCUT2D eigenvalue weighted by Gasteiger charge is 2.43. The third kappa shape index (κ3) is 2.96. The Kier molecular flexibility index (Phi) is 6.14. The first-order chi connectivity index (χ1) is 11.7. The molecule has 1 unspecified atom stereocenters. The van der Waals surface area contributed by atoms with Gasteiger partial charge in [-0.3, -0.25) is 0 Å². The van der Waals surface area contributed by atoms with Crippen LogP contribution >= 0.6 is 0 Å². The Morgan fingerprint density at radius 3 is 2.58 bits per heavy atom. The molecule has 1 nitrogen and oxygen atoms in total. The minimum absolute atomic E-state index is 0.130. The van der Waals surface area contributed by atoms with E-state index >= 15 is 0 Å². The van der Waals surface area contributed by atoms with Gasteiger partial charge in [0.15, 0.2) is 0 Å². The lowest BCUT2D eigenvalue weighted by molar-refractivity contribution is 0.572. The smallest absolute Gasteiger partial charge is 0.0423 e. The molecule has 1 N–H and O–H groups in total. The quantitative estimate of drug-likeness (QED) is 0.449. The summed E-state index contributed by atoms with van der Waals surface area (Å²) < 4.78 is 0. The van der Waals surface area contributed by atoms with Crippen LogP contribution < -0.4 is 0 Å². The molecule has 1 aliphatic carbocycles. The minimum Gasteiger partial charge on any atom is -0.308 e. The van der Waals surface area contributed by atoms with E-state index in [1.165, 1.54) is 22.3 Å². The molecule has 1 atom stereocenters. The molecule has 1 heteroatoms. The first-order valence-electron chi connectivity index (χ1n) is 8.96. The number of rotatable bonds is 7. The number of nitrogens with one attached hydrogen (secondary N) is 1. The third-order valence-corrected chi connectivity index (χ3v) is 5.19. The van der Waals surface area contributed by atoms with Gasteiger partial charge in [-0.15, -0.1) is 0 Å². The van der Waals surface area contributed by atoms with Crippen LogP contribution in [0.25, 0.3) is 0 Å². The van der Waals surface area contributed by atoms with Crippen molar-refractivity contribution >= 4 is 6.21 Å². The number of benzene rings is 1. The molecule has 0 heterocycles. The zero-order valence-electron chi connectivity index (χ0n) is 15.2. The normalized spacial score (nSPS) is 21.5. The van der Waals surface area contributed by atoms with Crippen LogP contribution in [0.15, 0.2) is 71.9 Å². The second-order valence-corrected chi connectivity index (χ2v) is 6.28. The van der Waals surface area contributed by atoms with Crippen LogP contribution in [0.3, 0.4) is 0 Å². The van der Waals surface area contributed by atoms with Crippen molar-refractivity contribution in [2.75, 3.05) is 0 Å². The molecule has 0 amide bonds. The lowest BCUT2D eigenvalue weighted by atomic mass is 9.66. The van der Waals surface area contributed by atoms with Gasteiger partial charge in [-0.1, -0.05) is 74.6 Å². The molecule has 1 aromatic carbocycles. The van der Waals surface area contributed by atoms with Crippen molar-refractivity contribution in [3.63, 3.8) is 0 Å². The maximum atomic E-state index is 7.95. The van der Waals surface area contributed by atoms with Gasteiger partial charge in [-0.2, -0.15) is 0 Å². The van der Waals surface area contributed by atoms with Crippen LogP contribution in [0.4, 0.5) is 0 Å². The van der Waals surface area contributed by atoms with Crippen LogP contribution in [-0.4, -0.2) is 6.21 Å². The largest absolute Gasteiger partial charge is 0.308 e. The van der Waals surface area contributed by atoms with Crippen LogP contribution in [0, 0.1) is 5.41 Å². The van der Waals surface area contributed by atoms with E-state index in [1.807, 2.05) is 6.08 Å². The van der Waals surface area contributed by atoms with Crippen molar-refractivity contribution in [2.24, 2.45) is 0 Å². The Morgan fingerprint density at radius 1 is 1.25 bits per heavy atom. The number of hydrogen-bond acceptors (Lipinski definition) is 1. The minimum atomic E-state index is -0.130. The molecule has 126 valence electrons. The Morgan fingerprint density at radius 2 is 2.00 bits per heavy atom. The fraction of sp³-hybridized carbons (Fsp3) is 0.348. The van der Waals surface area contributed by atoms with Crippen molar-refractivity contribution in [1.82, 2.24) is 0 Å². The summed E-state index contributed by atoms with van der Waals surface area (Å²) in [4.78, 5) is 0. The second kappa shape index (κ2) is 8.10. The standard InChI is InChI=1S/C23H29N/c1-5-11-20(8-4)23(21(12-6-2)18(7-3)17-24)16-15-19-13-9-10-14-22(19)23/h5-6,9-14,17,24H,1,7-8,15-16H2,2-4H3/b12-6-,20-11+,21-18+,24-17?. The summed E-state index contributed by atoms with van der Waals surface area (Å²) in [6, 6.07) is 8.80. The number of aryl methyl sites for hydroxylation is 1. The molecular formula is C23H29N. The van der Waals surface area contributed by atoms with Crippen molar-refractivity contribution in [1.29, 1.82) is 5.41 Å². The van der Waals surface area contributed by atoms with Gasteiger partial charge in [0.1, 0.15) is 0 Å². The van der Waals surface area contributed by atoms with Gasteiger partial charge in [0.2, 0.25) is 0 Å². The van der Waals surface area contributed by atoms with Gasteiger partial charge in [0, 0.05) is 11.6 Å². The molecule has 0 saturated carbocycles. The summed E-state index contributed by atoms with van der Waals surface area (Å²) in [5.41, 5.74) is 6.50. The molecule has 0 spiro atoms. The maximum Gasteiger partial charge on any atom is 0.0423 e. The van der Waals surface area contributed by atoms with Gasteiger partial charge >= 0.3 is 0 Å². The van der Waals surface area contributed by atoms with Crippen molar-refractivity contribution in [3.8, 4) is 0 Å². The molecule has 0 radical (unpaired) electrons. The molecule has 0 saturated heterocycles. The number of allylic oxidation sites excluding steroid dienone is 7. The first-order valence-corrected chi connectivity index (χ1v) is 8.96. The third-order valence-electron chi connectivity index (χ3n) is 5.19. The summed E-state index contributed by atoms with van der Waals surface area (Å²) >= 11 is 0. The summed E-state index contributed by atoms with van der Waals surface area (Å²) in [7, 11) is 0. The molecule has 0 aliphatic heterocycles. The molecule has 1 aliphatic rings. The molecule has 0 aromatic heterocycles. The van der Waals surface area contributed by atoms with Crippen LogP contribution in [-0.2, 0) is 11.8 Å². The molecule has 0 fully saturated rings. The van der Waals surface area contributed by atoms with Gasteiger partial charge in [0.25, 0.3) is 0 Å². The van der Waals surface area contributed by atoms with E-state index in [2.05, 4.69) is 69.8 Å². The Labute approximate surface area is 147 Å². The number of hydrogen-bond donors (Lipinski definition) is 1. The highest BCUT2D eigenvalue weighted by atomic mass is 14.5. The van der Waals surface area contributed by atoms with Gasteiger partial charge in [0.05, 0.1) is 0 Å². The van der Waals surface area contributed by atoms with E-state index in [-0.39, 0.29) is 5.41 Å². The van der Waals surface area contributed by atoms with Gasteiger partial charge in [-0.25, -0.2) is 0 Å². The van der Waals surface area contributed by atoms with Gasteiger partial charge < -0.3 is 5.41 Å². The topological polar surface area (TPSA) is 23.9 Å². The summed E-state index contributed by atoms with van der Waals surface area (Å²) in [5, 5.41) is 7.95. The predicted octanol–water partition coefficient (Wildman–Crippen LogP) is 6.33. The fourth-order valence-electron chi connectivity index (χ4n) is 4.16. The summed E-state index contributed by atoms with van der Waals surface area (Å²) in [6.07, 6.45) is 14.0. The number of fused-ring (bicyclic) bond motifs is 1.